The molecule has 0 aliphatic heterocycles. The van der Waals surface area contributed by atoms with Gasteiger partial charge in [-0.15, -0.1) is 0 Å². The monoisotopic (exact) mass is 449 g/mol. The highest BCUT2D eigenvalue weighted by Crippen LogP contribution is 2.25. The smallest absolute Gasteiger partial charge is 0.304 e. The van der Waals surface area contributed by atoms with Crippen molar-refractivity contribution >= 4 is 23.8 Å². The second-order valence-corrected chi connectivity index (χ2v) is 7.93. The minimum absolute atomic E-state index is 0.0455. The Bertz CT molecular complexity index is 1220. The first-order chi connectivity index (χ1) is 15.7. The number of aliphatic imine (C=N–C) groups is 1. The minimum atomic E-state index is -0.895. The van der Waals surface area contributed by atoms with E-state index in [2.05, 4.69) is 25.0 Å². The molecule has 0 aliphatic rings. The third-order valence-electron chi connectivity index (χ3n) is 4.85. The van der Waals surface area contributed by atoms with Crippen molar-refractivity contribution < 1.29 is 14.3 Å². The first kappa shape index (κ1) is 23.5. The van der Waals surface area contributed by atoms with E-state index in [1.165, 1.54) is 18.3 Å². The topological polar surface area (TPSA) is 153 Å². The SMILES string of the molecule is CC(C)(CC(=O)O)c1cccc(CN=C/C(=N\N)c2cc(-c3ccccc3F)nc(N)n2)n1. The van der Waals surface area contributed by atoms with Crippen molar-refractivity contribution in [3.63, 3.8) is 0 Å². The van der Waals surface area contributed by atoms with Crippen LogP contribution in [0.2, 0.25) is 0 Å². The summed E-state index contributed by atoms with van der Waals surface area (Å²) < 4.78 is 14.2. The molecular formula is C23H24FN7O2. The molecule has 3 aromatic rings. The lowest BCUT2D eigenvalue weighted by Gasteiger charge is -2.22. The molecule has 0 radical (unpaired) electrons. The van der Waals surface area contributed by atoms with Gasteiger partial charge in [-0.25, -0.2) is 14.4 Å². The fraction of sp³-hybridized carbons (Fsp3) is 0.217. The molecule has 0 spiro atoms. The number of hydrogen-bond acceptors (Lipinski definition) is 8. The predicted molar refractivity (Wildman–Crippen MR) is 124 cm³/mol. The van der Waals surface area contributed by atoms with Crippen molar-refractivity contribution in [3.05, 3.63) is 71.4 Å². The number of nitrogens with two attached hydrogens (primary N) is 2. The van der Waals surface area contributed by atoms with Crippen molar-refractivity contribution in [3.8, 4) is 11.3 Å². The van der Waals surface area contributed by atoms with Gasteiger partial charge in [0.15, 0.2) is 0 Å². The van der Waals surface area contributed by atoms with Crippen molar-refractivity contribution in [1.82, 2.24) is 15.0 Å². The van der Waals surface area contributed by atoms with E-state index < -0.39 is 17.2 Å². The van der Waals surface area contributed by atoms with Gasteiger partial charge in [-0.1, -0.05) is 32.0 Å². The van der Waals surface area contributed by atoms with E-state index in [0.717, 1.165) is 0 Å². The van der Waals surface area contributed by atoms with Crippen LogP contribution in [-0.4, -0.2) is 38.0 Å². The zero-order valence-electron chi connectivity index (χ0n) is 18.2. The average molecular weight is 449 g/mol. The van der Waals surface area contributed by atoms with Gasteiger partial charge in [0.2, 0.25) is 5.95 Å². The Balaban J connectivity index is 1.82. The lowest BCUT2D eigenvalue weighted by Crippen LogP contribution is -2.23. The lowest BCUT2D eigenvalue weighted by atomic mass is 9.85. The van der Waals surface area contributed by atoms with Gasteiger partial charge in [-0.05, 0) is 30.3 Å². The van der Waals surface area contributed by atoms with Gasteiger partial charge in [0.1, 0.15) is 11.5 Å². The third-order valence-corrected chi connectivity index (χ3v) is 4.85. The molecule has 2 heterocycles. The summed E-state index contributed by atoms with van der Waals surface area (Å²) in [5.41, 5.74) is 7.56. The Morgan fingerprint density at radius 2 is 1.91 bits per heavy atom. The molecule has 170 valence electrons. The van der Waals surface area contributed by atoms with E-state index in [9.17, 15) is 9.18 Å². The molecule has 33 heavy (non-hydrogen) atoms. The summed E-state index contributed by atoms with van der Waals surface area (Å²) in [7, 11) is 0. The van der Waals surface area contributed by atoms with Crippen LogP contribution in [0.25, 0.3) is 11.3 Å². The minimum Gasteiger partial charge on any atom is -0.481 e. The van der Waals surface area contributed by atoms with Gasteiger partial charge in [0.05, 0.1) is 36.3 Å². The molecule has 0 aliphatic carbocycles. The number of rotatable bonds is 8. The molecule has 10 heteroatoms. The molecule has 0 fully saturated rings. The van der Waals surface area contributed by atoms with Crippen molar-refractivity contribution in [2.45, 2.75) is 32.2 Å². The number of halogens is 1. The van der Waals surface area contributed by atoms with Crippen LogP contribution in [0, 0.1) is 5.82 Å². The molecular weight excluding hydrogens is 425 g/mol. The van der Waals surface area contributed by atoms with E-state index >= 15 is 0 Å². The van der Waals surface area contributed by atoms with Crippen LogP contribution in [0.5, 0.6) is 0 Å². The van der Waals surface area contributed by atoms with Gasteiger partial charge >= 0.3 is 5.97 Å². The highest BCUT2D eigenvalue weighted by Gasteiger charge is 2.25. The number of aliphatic carboxylic acids is 1. The van der Waals surface area contributed by atoms with E-state index in [-0.39, 0.29) is 35.9 Å². The standard InChI is InChI=1S/C23H24FN7O2/c1-23(2,11-21(32)33)20-9-5-6-14(28-20)12-27-13-19(31-26)18-10-17(29-22(25)30-18)15-7-3-4-8-16(15)24/h3-10,13H,11-12,26H2,1-2H3,(H,32,33)(H2,25,29,30)/b27-13?,31-19+. The number of benzene rings is 1. The van der Waals surface area contributed by atoms with Gasteiger partial charge in [-0.2, -0.15) is 5.10 Å². The van der Waals surface area contributed by atoms with E-state index in [4.69, 9.17) is 16.7 Å². The summed E-state index contributed by atoms with van der Waals surface area (Å²) in [5, 5.41) is 12.8. The molecule has 0 saturated heterocycles. The third kappa shape index (κ3) is 5.94. The van der Waals surface area contributed by atoms with Crippen molar-refractivity contribution in [1.29, 1.82) is 0 Å². The van der Waals surface area contributed by atoms with E-state index in [0.29, 0.717) is 17.1 Å². The maximum Gasteiger partial charge on any atom is 0.304 e. The molecule has 3 rings (SSSR count). The van der Waals surface area contributed by atoms with Crippen LogP contribution in [0.4, 0.5) is 10.3 Å². The highest BCUT2D eigenvalue weighted by molar-refractivity contribution is 6.37. The maximum atomic E-state index is 14.2. The number of pyridine rings is 1. The summed E-state index contributed by atoms with van der Waals surface area (Å²) in [4.78, 5) is 28.2. The van der Waals surface area contributed by atoms with Gasteiger partial charge in [0, 0.05) is 16.7 Å². The zero-order valence-corrected chi connectivity index (χ0v) is 18.2. The van der Waals surface area contributed by atoms with E-state index in [1.807, 2.05) is 13.8 Å². The quantitative estimate of drug-likeness (QED) is 0.271. The summed E-state index contributed by atoms with van der Waals surface area (Å²) >= 11 is 0. The molecule has 9 nitrogen and oxygen atoms in total. The fourth-order valence-corrected chi connectivity index (χ4v) is 3.21. The van der Waals surface area contributed by atoms with Crippen molar-refractivity contribution in [2.75, 3.05) is 5.73 Å². The summed E-state index contributed by atoms with van der Waals surface area (Å²) in [6.45, 7) is 3.85. The highest BCUT2D eigenvalue weighted by atomic mass is 19.1. The van der Waals surface area contributed by atoms with E-state index in [1.54, 1.807) is 36.4 Å². The molecule has 2 aromatic heterocycles. The summed E-state index contributed by atoms with van der Waals surface area (Å²) in [5.74, 6) is 4.13. The Morgan fingerprint density at radius 1 is 1.15 bits per heavy atom. The average Bonchev–Trinajstić information content (AvgIpc) is 2.76. The number of nitrogen functional groups attached to an aromatic ring is 1. The van der Waals surface area contributed by atoms with Crippen LogP contribution in [0.3, 0.4) is 0 Å². The van der Waals surface area contributed by atoms with Gasteiger partial charge in [-0.3, -0.25) is 14.8 Å². The largest absolute Gasteiger partial charge is 0.481 e. The number of carboxylic acid groups (broad SMARTS) is 1. The van der Waals surface area contributed by atoms with Crippen LogP contribution < -0.4 is 11.6 Å². The normalized spacial score (nSPS) is 12.3. The number of anilines is 1. The van der Waals surface area contributed by atoms with Crippen LogP contribution in [0.1, 0.15) is 37.4 Å². The van der Waals surface area contributed by atoms with Gasteiger partial charge < -0.3 is 16.7 Å². The maximum absolute atomic E-state index is 14.2. The second-order valence-electron chi connectivity index (χ2n) is 7.93. The molecule has 0 unspecified atom stereocenters. The Hall–Kier alpha value is -4.21. The van der Waals surface area contributed by atoms with Crippen molar-refractivity contribution in [2.24, 2.45) is 15.9 Å². The molecule has 0 saturated carbocycles. The number of hydrogen-bond donors (Lipinski definition) is 3. The first-order valence-electron chi connectivity index (χ1n) is 10.1. The molecule has 0 atom stereocenters. The number of carbonyl (C=O) groups is 1. The number of nitrogens with zero attached hydrogens (tertiary/aromatic N) is 5. The number of aromatic nitrogens is 3. The van der Waals surface area contributed by atoms with Crippen LogP contribution in [-0.2, 0) is 16.8 Å². The lowest BCUT2D eigenvalue weighted by molar-refractivity contribution is -0.138. The molecule has 1 aromatic carbocycles. The Morgan fingerprint density at radius 3 is 2.61 bits per heavy atom. The molecule has 5 N–H and O–H groups in total. The zero-order chi connectivity index (χ0) is 24.0. The molecule has 0 bridgehead atoms. The van der Waals surface area contributed by atoms with Gasteiger partial charge in [0.25, 0.3) is 0 Å². The Kier molecular flexibility index (Phi) is 7.07. The first-order valence-corrected chi connectivity index (χ1v) is 10.1. The Labute approximate surface area is 190 Å². The fourth-order valence-electron chi connectivity index (χ4n) is 3.21. The second kappa shape index (κ2) is 9.94. The summed E-state index contributed by atoms with van der Waals surface area (Å²) in [6.07, 6.45) is 1.37. The molecule has 0 amide bonds. The van der Waals surface area contributed by atoms with Crippen LogP contribution >= 0.6 is 0 Å². The predicted octanol–water partition coefficient (Wildman–Crippen LogP) is 2.95. The number of hydrazone groups is 1. The van der Waals surface area contributed by atoms with Crippen LogP contribution in [0.15, 0.2) is 58.6 Å². The number of carboxylic acids is 1. The summed E-state index contributed by atoms with van der Waals surface area (Å²) in [6, 6.07) is 13.1.